The van der Waals surface area contributed by atoms with Crippen molar-refractivity contribution in [3.05, 3.63) is 22.4 Å². The Kier molecular flexibility index (Phi) is 3.62. The fourth-order valence-electron chi connectivity index (χ4n) is 1.49. The lowest BCUT2D eigenvalue weighted by Crippen LogP contribution is -2.08. The Hall–Kier alpha value is -1.39. The molecule has 5 nitrogen and oxygen atoms in total. The third-order valence-corrected chi connectivity index (χ3v) is 2.25. The van der Waals surface area contributed by atoms with Gasteiger partial charge in [-0.1, -0.05) is 20.3 Å². The average Bonchev–Trinajstić information content (AvgIpc) is 2.63. The van der Waals surface area contributed by atoms with Gasteiger partial charge in [0.15, 0.2) is 0 Å². The smallest absolute Gasteiger partial charge is 0.358 e. The van der Waals surface area contributed by atoms with Gasteiger partial charge in [0.1, 0.15) is 0 Å². The van der Waals surface area contributed by atoms with Gasteiger partial charge in [-0.2, -0.15) is 4.68 Å². The number of aromatic nitrogens is 2. The van der Waals surface area contributed by atoms with Crippen LogP contribution in [-0.2, 0) is 0 Å². The molecular weight excluding hydrogens is 182 g/mol. The fraction of sp³-hybridized carbons (Fsp3) is 0.667. The van der Waals surface area contributed by atoms with Crippen LogP contribution < -0.4 is 0 Å². The Morgan fingerprint density at radius 2 is 2.36 bits per heavy atom. The van der Waals surface area contributed by atoms with Crippen molar-refractivity contribution >= 4 is 5.82 Å². The van der Waals surface area contributed by atoms with Crippen molar-refractivity contribution in [3.8, 4) is 0 Å². The van der Waals surface area contributed by atoms with Gasteiger partial charge in [0.25, 0.3) is 0 Å². The fourth-order valence-corrected chi connectivity index (χ4v) is 1.49. The maximum Gasteiger partial charge on any atom is 0.389 e. The third kappa shape index (κ3) is 2.31. The summed E-state index contributed by atoms with van der Waals surface area (Å²) >= 11 is 0. The van der Waals surface area contributed by atoms with Crippen LogP contribution in [-0.4, -0.2) is 14.7 Å². The zero-order chi connectivity index (χ0) is 10.6. The normalized spacial score (nSPS) is 12.7. The van der Waals surface area contributed by atoms with E-state index in [0.29, 0.717) is 0 Å². The number of hydrogen-bond donors (Lipinski definition) is 0. The quantitative estimate of drug-likeness (QED) is 0.538. The van der Waals surface area contributed by atoms with E-state index in [9.17, 15) is 10.1 Å². The van der Waals surface area contributed by atoms with Gasteiger partial charge in [0.2, 0.25) is 0 Å². The molecule has 0 saturated heterocycles. The second-order valence-corrected chi connectivity index (χ2v) is 3.26. The highest BCUT2D eigenvalue weighted by molar-refractivity contribution is 5.14. The zero-order valence-corrected chi connectivity index (χ0v) is 8.51. The molecule has 14 heavy (non-hydrogen) atoms. The van der Waals surface area contributed by atoms with Crippen LogP contribution in [0.2, 0.25) is 0 Å². The van der Waals surface area contributed by atoms with Gasteiger partial charge in [-0.05, 0) is 17.8 Å². The van der Waals surface area contributed by atoms with Crippen LogP contribution in [0.15, 0.2) is 12.3 Å². The molecule has 0 aliphatic heterocycles. The molecule has 78 valence electrons. The van der Waals surface area contributed by atoms with E-state index in [2.05, 4.69) is 18.9 Å². The number of nitro groups is 1. The number of nitrogens with zero attached hydrogens (tertiary/aromatic N) is 3. The molecule has 0 N–H and O–H groups in total. The minimum Gasteiger partial charge on any atom is -0.358 e. The van der Waals surface area contributed by atoms with Crippen LogP contribution in [0.3, 0.4) is 0 Å². The monoisotopic (exact) mass is 197 g/mol. The van der Waals surface area contributed by atoms with E-state index in [1.165, 1.54) is 6.07 Å². The Morgan fingerprint density at radius 1 is 1.64 bits per heavy atom. The summed E-state index contributed by atoms with van der Waals surface area (Å²) in [4.78, 5) is 9.95. The molecule has 1 heterocycles. The van der Waals surface area contributed by atoms with E-state index >= 15 is 0 Å². The van der Waals surface area contributed by atoms with Crippen LogP contribution in [0.4, 0.5) is 5.82 Å². The first-order valence-electron chi connectivity index (χ1n) is 4.88. The molecule has 0 aliphatic rings. The molecule has 0 fully saturated rings. The topological polar surface area (TPSA) is 61.0 Å². The minimum absolute atomic E-state index is 0.0699. The van der Waals surface area contributed by atoms with E-state index in [-0.39, 0.29) is 11.9 Å². The summed E-state index contributed by atoms with van der Waals surface area (Å²) in [5.41, 5.74) is 0. The Morgan fingerprint density at radius 3 is 2.79 bits per heavy atom. The summed E-state index contributed by atoms with van der Waals surface area (Å²) in [5.74, 6) is -0.0699. The van der Waals surface area contributed by atoms with Crippen molar-refractivity contribution < 1.29 is 4.92 Å². The zero-order valence-electron chi connectivity index (χ0n) is 8.51. The van der Waals surface area contributed by atoms with E-state index < -0.39 is 4.92 Å². The minimum atomic E-state index is -0.463. The van der Waals surface area contributed by atoms with Crippen molar-refractivity contribution in [1.29, 1.82) is 0 Å². The van der Waals surface area contributed by atoms with Crippen molar-refractivity contribution in [2.75, 3.05) is 0 Å². The molecule has 1 unspecified atom stereocenters. The van der Waals surface area contributed by atoms with E-state index in [1.807, 2.05) is 0 Å². The van der Waals surface area contributed by atoms with Crippen molar-refractivity contribution in [3.63, 3.8) is 0 Å². The van der Waals surface area contributed by atoms with Crippen LogP contribution in [0.25, 0.3) is 0 Å². The molecule has 0 spiro atoms. The SMILES string of the molecule is CCCC(CC)n1ccc([N+](=O)[O-])n1. The molecule has 0 aromatic carbocycles. The highest BCUT2D eigenvalue weighted by Gasteiger charge is 2.16. The van der Waals surface area contributed by atoms with Crippen LogP contribution in [0, 0.1) is 10.1 Å². The summed E-state index contributed by atoms with van der Waals surface area (Å²) in [6.07, 6.45) is 4.70. The maximum absolute atomic E-state index is 10.4. The van der Waals surface area contributed by atoms with E-state index in [0.717, 1.165) is 19.3 Å². The predicted octanol–water partition coefficient (Wildman–Crippen LogP) is 2.54. The Bertz CT molecular complexity index is 309. The maximum atomic E-state index is 10.4. The highest BCUT2D eigenvalue weighted by atomic mass is 16.6. The van der Waals surface area contributed by atoms with Crippen LogP contribution in [0.5, 0.6) is 0 Å². The third-order valence-electron chi connectivity index (χ3n) is 2.25. The van der Waals surface area contributed by atoms with Crippen molar-refractivity contribution in [2.24, 2.45) is 0 Å². The van der Waals surface area contributed by atoms with Gasteiger partial charge >= 0.3 is 5.82 Å². The van der Waals surface area contributed by atoms with Gasteiger partial charge in [-0.3, -0.25) is 0 Å². The molecule has 0 aliphatic carbocycles. The lowest BCUT2D eigenvalue weighted by atomic mass is 10.1. The van der Waals surface area contributed by atoms with Crippen molar-refractivity contribution in [2.45, 2.75) is 39.2 Å². The van der Waals surface area contributed by atoms with E-state index in [1.54, 1.807) is 10.9 Å². The summed E-state index contributed by atoms with van der Waals surface area (Å²) in [7, 11) is 0. The molecule has 1 aromatic heterocycles. The highest BCUT2D eigenvalue weighted by Crippen LogP contribution is 2.18. The Balaban J connectivity index is 2.78. The molecule has 0 radical (unpaired) electrons. The molecule has 5 heteroatoms. The summed E-state index contributed by atoms with van der Waals surface area (Å²) in [6, 6.07) is 1.73. The molecule has 0 bridgehead atoms. The molecule has 1 aromatic rings. The second kappa shape index (κ2) is 4.74. The largest absolute Gasteiger partial charge is 0.389 e. The number of hydrogen-bond acceptors (Lipinski definition) is 3. The van der Waals surface area contributed by atoms with Gasteiger partial charge in [-0.15, -0.1) is 0 Å². The molecule has 0 amide bonds. The van der Waals surface area contributed by atoms with E-state index in [4.69, 9.17) is 0 Å². The summed E-state index contributed by atoms with van der Waals surface area (Å²) < 4.78 is 1.70. The molecule has 1 rings (SSSR count). The predicted molar refractivity (Wildman–Crippen MR) is 53.1 cm³/mol. The average molecular weight is 197 g/mol. The molecule has 0 saturated carbocycles. The molecular formula is C9H15N3O2. The summed E-state index contributed by atoms with van der Waals surface area (Å²) in [5, 5.41) is 14.3. The lowest BCUT2D eigenvalue weighted by molar-refractivity contribution is -0.389. The van der Waals surface area contributed by atoms with Crippen molar-refractivity contribution in [1.82, 2.24) is 9.78 Å². The first-order chi connectivity index (χ1) is 6.69. The number of rotatable bonds is 5. The lowest BCUT2D eigenvalue weighted by Gasteiger charge is -2.09. The van der Waals surface area contributed by atoms with Gasteiger partial charge < -0.3 is 10.1 Å². The standard InChI is InChI=1S/C9H15N3O2/c1-3-5-8(4-2)11-7-6-9(10-11)12(13)14/h6-8H,3-5H2,1-2H3. The Labute approximate surface area is 82.9 Å². The van der Waals surface area contributed by atoms with Crippen LogP contribution in [0.1, 0.15) is 39.2 Å². The second-order valence-electron chi connectivity index (χ2n) is 3.26. The molecule has 1 atom stereocenters. The summed E-state index contributed by atoms with van der Waals surface area (Å²) in [6.45, 7) is 4.16. The van der Waals surface area contributed by atoms with Gasteiger partial charge in [0.05, 0.1) is 23.4 Å². The first-order valence-corrected chi connectivity index (χ1v) is 4.88. The van der Waals surface area contributed by atoms with Gasteiger partial charge in [-0.25, -0.2) is 0 Å². The first kappa shape index (κ1) is 10.7. The van der Waals surface area contributed by atoms with Gasteiger partial charge in [0, 0.05) is 0 Å². The van der Waals surface area contributed by atoms with Crippen LogP contribution >= 0.6 is 0 Å².